The van der Waals surface area contributed by atoms with Crippen molar-refractivity contribution in [1.82, 2.24) is 19.6 Å². The Morgan fingerprint density at radius 2 is 1.93 bits per heavy atom. The monoisotopic (exact) mass is 405 g/mol. The van der Waals surface area contributed by atoms with Crippen LogP contribution in [0.4, 0.5) is 10.2 Å². The molecule has 2 heterocycles. The smallest absolute Gasteiger partial charge is 0.204 e. The molecule has 0 aliphatic rings. The molecule has 2 aromatic carbocycles. The van der Waals surface area contributed by atoms with Crippen LogP contribution in [-0.4, -0.2) is 31.9 Å². The number of halogens is 1. The molecule has 0 amide bonds. The lowest BCUT2D eigenvalue weighted by molar-refractivity contribution is -0.118. The first-order valence-corrected chi connectivity index (χ1v) is 10.2. The Morgan fingerprint density at radius 3 is 2.80 bits per heavy atom. The van der Waals surface area contributed by atoms with Crippen LogP contribution in [0, 0.1) is 12.7 Å². The fraction of sp³-hybridized carbons (Fsp3) is 0.304. The maximum absolute atomic E-state index is 13.2. The average molecular weight is 405 g/mol. The minimum Gasteiger partial charge on any atom is -0.367 e. The lowest BCUT2D eigenvalue weighted by Crippen LogP contribution is -2.07. The number of aromatic nitrogens is 4. The number of fused-ring (bicyclic) bond motifs is 3. The van der Waals surface area contributed by atoms with Crippen LogP contribution in [0.2, 0.25) is 0 Å². The molecule has 2 aromatic heterocycles. The molecule has 0 saturated heterocycles. The SMILES string of the molecule is Cc1nnc2c(NCCCCCC(=O)Cc3cccc(F)c3)nc3ccccc3n12. The van der Waals surface area contributed by atoms with Crippen LogP contribution in [0.1, 0.15) is 37.1 Å². The van der Waals surface area contributed by atoms with Gasteiger partial charge in [-0.05, 0) is 49.6 Å². The summed E-state index contributed by atoms with van der Waals surface area (Å²) in [6.45, 7) is 2.67. The van der Waals surface area contributed by atoms with Gasteiger partial charge in [-0.25, -0.2) is 9.37 Å². The number of benzene rings is 2. The minimum absolute atomic E-state index is 0.144. The van der Waals surface area contributed by atoms with Crippen LogP contribution >= 0.6 is 0 Å². The predicted octanol–water partition coefficient (Wildman–Crippen LogP) is 4.51. The van der Waals surface area contributed by atoms with Crippen molar-refractivity contribution in [3.8, 4) is 0 Å². The van der Waals surface area contributed by atoms with Gasteiger partial charge >= 0.3 is 0 Å². The van der Waals surface area contributed by atoms with Crippen LogP contribution < -0.4 is 5.32 Å². The number of hydrogen-bond acceptors (Lipinski definition) is 5. The van der Waals surface area contributed by atoms with Gasteiger partial charge in [0.15, 0.2) is 5.82 Å². The first-order valence-electron chi connectivity index (χ1n) is 10.2. The van der Waals surface area contributed by atoms with E-state index in [1.165, 1.54) is 12.1 Å². The van der Waals surface area contributed by atoms with Crippen LogP contribution in [0.15, 0.2) is 48.5 Å². The molecule has 0 unspecified atom stereocenters. The predicted molar refractivity (Wildman–Crippen MR) is 115 cm³/mol. The van der Waals surface area contributed by atoms with E-state index in [0.29, 0.717) is 12.8 Å². The molecule has 154 valence electrons. The van der Waals surface area contributed by atoms with E-state index in [2.05, 4.69) is 15.5 Å². The Morgan fingerprint density at radius 1 is 1.07 bits per heavy atom. The number of carbonyl (C=O) groups is 1. The van der Waals surface area contributed by atoms with E-state index < -0.39 is 0 Å². The summed E-state index contributed by atoms with van der Waals surface area (Å²) < 4.78 is 15.2. The number of hydrogen-bond donors (Lipinski definition) is 1. The summed E-state index contributed by atoms with van der Waals surface area (Å²) in [6, 6.07) is 14.2. The number of rotatable bonds is 9. The average Bonchev–Trinajstić information content (AvgIpc) is 3.13. The van der Waals surface area contributed by atoms with Gasteiger partial charge in [-0.15, -0.1) is 10.2 Å². The van der Waals surface area contributed by atoms with Crippen LogP contribution in [0.25, 0.3) is 16.7 Å². The van der Waals surface area contributed by atoms with Crippen molar-refractivity contribution in [1.29, 1.82) is 0 Å². The summed E-state index contributed by atoms with van der Waals surface area (Å²) in [5.41, 5.74) is 3.32. The first kappa shape index (κ1) is 19.9. The number of nitrogens with zero attached hydrogens (tertiary/aromatic N) is 4. The number of para-hydroxylation sites is 2. The second-order valence-corrected chi connectivity index (χ2v) is 7.44. The highest BCUT2D eigenvalue weighted by molar-refractivity contribution is 5.83. The molecule has 0 fully saturated rings. The van der Waals surface area contributed by atoms with E-state index in [1.54, 1.807) is 12.1 Å². The standard InChI is InChI=1S/C23H24FN5O/c1-16-27-28-23-22(26-20-11-4-5-12-21(20)29(16)23)25-13-6-2-3-10-19(30)15-17-8-7-9-18(24)14-17/h4-5,7-9,11-12,14H,2-3,6,10,13,15H2,1H3,(H,25,26). The van der Waals surface area contributed by atoms with Crippen molar-refractivity contribution in [2.75, 3.05) is 11.9 Å². The minimum atomic E-state index is -0.300. The number of Topliss-reactive ketones (excluding diaryl/α,β-unsaturated/α-hetero) is 1. The molecular formula is C23H24FN5O. The third kappa shape index (κ3) is 4.45. The molecule has 6 nitrogen and oxygen atoms in total. The summed E-state index contributed by atoms with van der Waals surface area (Å²) in [5, 5.41) is 11.8. The lowest BCUT2D eigenvalue weighted by atomic mass is 10.0. The second-order valence-electron chi connectivity index (χ2n) is 7.44. The van der Waals surface area contributed by atoms with Gasteiger partial charge in [0.05, 0.1) is 11.0 Å². The number of unbranched alkanes of at least 4 members (excludes halogenated alkanes) is 2. The number of carbonyl (C=O) groups excluding carboxylic acids is 1. The van der Waals surface area contributed by atoms with Gasteiger partial charge in [-0.3, -0.25) is 9.20 Å². The van der Waals surface area contributed by atoms with Gasteiger partial charge in [0.25, 0.3) is 0 Å². The van der Waals surface area contributed by atoms with Crippen LogP contribution in [-0.2, 0) is 11.2 Å². The molecule has 4 aromatic rings. The van der Waals surface area contributed by atoms with E-state index in [1.807, 2.05) is 35.6 Å². The highest BCUT2D eigenvalue weighted by Gasteiger charge is 2.12. The molecule has 0 aliphatic heterocycles. The molecule has 1 N–H and O–H groups in total. The summed E-state index contributed by atoms with van der Waals surface area (Å²) in [6.07, 6.45) is 3.47. The molecular weight excluding hydrogens is 381 g/mol. The summed E-state index contributed by atoms with van der Waals surface area (Å²) in [7, 11) is 0. The van der Waals surface area contributed by atoms with Crippen LogP contribution in [0.5, 0.6) is 0 Å². The second kappa shape index (κ2) is 8.98. The van der Waals surface area contributed by atoms with Crippen molar-refractivity contribution in [2.45, 2.75) is 39.0 Å². The molecule has 7 heteroatoms. The molecule has 0 spiro atoms. The third-order valence-corrected chi connectivity index (χ3v) is 5.11. The topological polar surface area (TPSA) is 72.2 Å². The van der Waals surface area contributed by atoms with E-state index >= 15 is 0 Å². The molecule has 0 radical (unpaired) electrons. The molecule has 0 atom stereocenters. The number of anilines is 1. The largest absolute Gasteiger partial charge is 0.367 e. The summed E-state index contributed by atoms with van der Waals surface area (Å²) >= 11 is 0. The van der Waals surface area contributed by atoms with Crippen molar-refractivity contribution in [3.05, 3.63) is 65.7 Å². The van der Waals surface area contributed by atoms with Crippen molar-refractivity contribution < 1.29 is 9.18 Å². The fourth-order valence-corrected chi connectivity index (χ4v) is 3.63. The van der Waals surface area contributed by atoms with Crippen molar-refractivity contribution in [3.63, 3.8) is 0 Å². The quantitative estimate of drug-likeness (QED) is 0.415. The molecule has 0 saturated carbocycles. The summed E-state index contributed by atoms with van der Waals surface area (Å²) in [5.74, 6) is 1.39. The normalized spacial score (nSPS) is 11.3. The molecule has 30 heavy (non-hydrogen) atoms. The molecule has 0 bridgehead atoms. The van der Waals surface area contributed by atoms with Crippen molar-refractivity contribution >= 4 is 28.3 Å². The van der Waals surface area contributed by atoms with E-state index in [0.717, 1.165) is 59.7 Å². The zero-order valence-electron chi connectivity index (χ0n) is 16.9. The van der Waals surface area contributed by atoms with Gasteiger partial charge in [-0.1, -0.05) is 30.7 Å². The Labute approximate surface area is 174 Å². The van der Waals surface area contributed by atoms with E-state index in [-0.39, 0.29) is 11.6 Å². The van der Waals surface area contributed by atoms with Gasteiger partial charge in [0.1, 0.15) is 17.4 Å². The lowest BCUT2D eigenvalue weighted by Gasteiger charge is -2.09. The van der Waals surface area contributed by atoms with Crippen molar-refractivity contribution in [2.24, 2.45) is 0 Å². The number of aryl methyl sites for hydroxylation is 1. The van der Waals surface area contributed by atoms with Gasteiger partial charge in [0, 0.05) is 19.4 Å². The first-order chi connectivity index (χ1) is 14.6. The third-order valence-electron chi connectivity index (χ3n) is 5.11. The highest BCUT2D eigenvalue weighted by Crippen LogP contribution is 2.21. The van der Waals surface area contributed by atoms with Gasteiger partial charge < -0.3 is 5.32 Å². The Hall–Kier alpha value is -3.35. The number of nitrogens with one attached hydrogen (secondary N) is 1. The Balaban J connectivity index is 1.27. The molecule has 4 rings (SSSR count). The fourth-order valence-electron chi connectivity index (χ4n) is 3.63. The summed E-state index contributed by atoms with van der Waals surface area (Å²) in [4.78, 5) is 16.8. The maximum Gasteiger partial charge on any atom is 0.204 e. The number of ketones is 1. The Kier molecular flexibility index (Phi) is 5.97. The Bertz CT molecular complexity index is 1190. The zero-order chi connectivity index (χ0) is 20.9. The maximum atomic E-state index is 13.2. The molecule has 0 aliphatic carbocycles. The van der Waals surface area contributed by atoms with Crippen LogP contribution in [0.3, 0.4) is 0 Å². The van der Waals surface area contributed by atoms with Gasteiger partial charge in [-0.2, -0.15) is 0 Å². The van der Waals surface area contributed by atoms with Gasteiger partial charge in [0.2, 0.25) is 5.65 Å². The van der Waals surface area contributed by atoms with E-state index in [9.17, 15) is 9.18 Å². The van der Waals surface area contributed by atoms with E-state index in [4.69, 9.17) is 4.98 Å². The zero-order valence-corrected chi connectivity index (χ0v) is 16.9. The highest BCUT2D eigenvalue weighted by atomic mass is 19.1.